The lowest BCUT2D eigenvalue weighted by Gasteiger charge is -2.62. The maximum atomic E-state index is 10.7. The van der Waals surface area contributed by atoms with E-state index in [1.807, 2.05) is 6.07 Å². The van der Waals surface area contributed by atoms with Gasteiger partial charge in [-0.2, -0.15) is 0 Å². The molecule has 4 atom stereocenters. The largest absolute Gasteiger partial charge is 0.508 e. The number of ether oxygens (including phenoxy) is 1. The Balaban J connectivity index is 1.73. The molecule has 1 aliphatic heterocycles. The quantitative estimate of drug-likeness (QED) is 0.751. The third-order valence-corrected chi connectivity index (χ3v) is 7.11. The number of aryl methyl sites for hydroxylation is 1. The molecule has 23 heavy (non-hydrogen) atoms. The fourth-order valence-electron chi connectivity index (χ4n) is 5.92. The normalized spacial score (nSPS) is 35.9. The Morgan fingerprint density at radius 3 is 2.74 bits per heavy atom. The summed E-state index contributed by atoms with van der Waals surface area (Å²) in [7, 11) is 0. The zero-order valence-electron chi connectivity index (χ0n) is 15.0. The van der Waals surface area contributed by atoms with Gasteiger partial charge in [-0.25, -0.2) is 0 Å². The first-order chi connectivity index (χ1) is 10.9. The molecule has 0 aromatic heterocycles. The number of hydrogen-bond acceptors (Lipinski definition) is 2. The average molecular weight is 314 g/mol. The van der Waals surface area contributed by atoms with Crippen molar-refractivity contribution in [2.45, 2.75) is 77.7 Å². The van der Waals surface area contributed by atoms with E-state index < -0.39 is 0 Å². The van der Waals surface area contributed by atoms with E-state index in [2.05, 4.69) is 33.8 Å². The standard InChI is InChI=1S/C21H30O2/c1-5-6-7-8-13-11-15(22)17-16(12-13)23-21(4)10-9-14-18(21)19(17)20(14,2)3/h11-12,14,18-19,22H,5-10H2,1-4H3/t14-,18?,19?,21?/m0/s1. The zero-order valence-corrected chi connectivity index (χ0v) is 15.0. The first-order valence-corrected chi connectivity index (χ1v) is 9.43. The predicted octanol–water partition coefficient (Wildman–Crippen LogP) is 5.43. The monoisotopic (exact) mass is 314 g/mol. The van der Waals surface area contributed by atoms with Gasteiger partial charge in [0.05, 0.1) is 0 Å². The topological polar surface area (TPSA) is 29.5 Å². The highest BCUT2D eigenvalue weighted by Crippen LogP contribution is 2.74. The van der Waals surface area contributed by atoms with Gasteiger partial charge in [-0.1, -0.05) is 33.6 Å². The molecule has 1 aromatic rings. The SMILES string of the molecule is CCCCCc1cc(O)c2c(c1)OC1(C)CC[C@H]3C1C2C3(C)C. The van der Waals surface area contributed by atoms with Crippen molar-refractivity contribution in [2.75, 3.05) is 0 Å². The molecule has 2 aliphatic carbocycles. The molecule has 3 unspecified atom stereocenters. The number of phenols is 1. The number of hydrogen-bond donors (Lipinski definition) is 1. The first-order valence-electron chi connectivity index (χ1n) is 9.43. The zero-order chi connectivity index (χ0) is 16.4. The highest BCUT2D eigenvalue weighted by atomic mass is 16.5. The smallest absolute Gasteiger partial charge is 0.127 e. The lowest BCUT2D eigenvalue weighted by Crippen LogP contribution is -2.59. The molecule has 0 spiro atoms. The van der Waals surface area contributed by atoms with E-state index >= 15 is 0 Å². The molecule has 0 radical (unpaired) electrons. The van der Waals surface area contributed by atoms with Crippen LogP contribution in [-0.2, 0) is 6.42 Å². The summed E-state index contributed by atoms with van der Waals surface area (Å²) in [6.45, 7) is 9.29. The van der Waals surface area contributed by atoms with Crippen LogP contribution in [0.5, 0.6) is 11.5 Å². The van der Waals surface area contributed by atoms with Crippen molar-refractivity contribution in [3.05, 3.63) is 23.3 Å². The second-order valence-electron chi connectivity index (χ2n) is 8.87. The van der Waals surface area contributed by atoms with Crippen LogP contribution in [0, 0.1) is 17.3 Å². The van der Waals surface area contributed by atoms with Crippen LogP contribution in [0.1, 0.15) is 76.8 Å². The number of unbranched alkanes of at least 4 members (excludes halogenated alkanes) is 2. The molecule has 0 bridgehead atoms. The Morgan fingerprint density at radius 2 is 2.00 bits per heavy atom. The fourth-order valence-corrected chi connectivity index (χ4v) is 5.92. The van der Waals surface area contributed by atoms with E-state index in [-0.39, 0.29) is 11.0 Å². The van der Waals surface area contributed by atoms with Gasteiger partial charge in [0.1, 0.15) is 17.1 Å². The third-order valence-electron chi connectivity index (χ3n) is 7.11. The van der Waals surface area contributed by atoms with Gasteiger partial charge in [0.2, 0.25) is 0 Å². The van der Waals surface area contributed by atoms with Crippen LogP contribution in [0.25, 0.3) is 0 Å². The molecule has 2 fully saturated rings. The lowest BCUT2D eigenvalue weighted by atomic mass is 9.45. The molecule has 1 heterocycles. The molecule has 1 N–H and O–H groups in total. The van der Waals surface area contributed by atoms with Crippen LogP contribution in [0.15, 0.2) is 12.1 Å². The maximum absolute atomic E-state index is 10.7. The molecular weight excluding hydrogens is 284 g/mol. The molecule has 0 saturated heterocycles. The molecule has 2 saturated carbocycles. The fraction of sp³-hybridized carbons (Fsp3) is 0.714. The predicted molar refractivity (Wildman–Crippen MR) is 93.1 cm³/mol. The summed E-state index contributed by atoms with van der Waals surface area (Å²) in [5.74, 6) is 3.22. The van der Waals surface area contributed by atoms with Gasteiger partial charge in [-0.05, 0) is 61.6 Å². The van der Waals surface area contributed by atoms with Gasteiger partial charge in [0, 0.05) is 17.4 Å². The molecule has 126 valence electrons. The van der Waals surface area contributed by atoms with E-state index in [4.69, 9.17) is 4.74 Å². The van der Waals surface area contributed by atoms with E-state index in [0.717, 1.165) is 30.1 Å². The summed E-state index contributed by atoms with van der Waals surface area (Å²) in [5, 5.41) is 10.7. The molecule has 0 amide bonds. The molecule has 1 aromatic carbocycles. The molecule has 3 aliphatic rings. The molecule has 2 nitrogen and oxygen atoms in total. The lowest BCUT2D eigenvalue weighted by molar-refractivity contribution is -0.121. The molecular formula is C21H30O2. The summed E-state index contributed by atoms with van der Waals surface area (Å²) in [6.07, 6.45) is 7.12. The highest BCUT2D eigenvalue weighted by Gasteiger charge is 2.69. The van der Waals surface area contributed by atoms with Crippen LogP contribution >= 0.6 is 0 Å². The molecule has 4 rings (SSSR count). The first kappa shape index (κ1) is 15.4. The highest BCUT2D eigenvalue weighted by molar-refractivity contribution is 5.55. The van der Waals surface area contributed by atoms with Crippen molar-refractivity contribution in [3.63, 3.8) is 0 Å². The van der Waals surface area contributed by atoms with Crippen molar-refractivity contribution in [1.82, 2.24) is 0 Å². The maximum Gasteiger partial charge on any atom is 0.127 e. The van der Waals surface area contributed by atoms with Gasteiger partial charge in [0.15, 0.2) is 0 Å². The van der Waals surface area contributed by atoms with Gasteiger partial charge in [0.25, 0.3) is 0 Å². The van der Waals surface area contributed by atoms with Crippen molar-refractivity contribution >= 4 is 0 Å². The number of aromatic hydroxyl groups is 1. The summed E-state index contributed by atoms with van der Waals surface area (Å²) >= 11 is 0. The van der Waals surface area contributed by atoms with Crippen molar-refractivity contribution in [2.24, 2.45) is 17.3 Å². The van der Waals surface area contributed by atoms with Gasteiger partial charge < -0.3 is 9.84 Å². The van der Waals surface area contributed by atoms with Crippen LogP contribution in [-0.4, -0.2) is 10.7 Å². The number of benzene rings is 1. The van der Waals surface area contributed by atoms with E-state index in [0.29, 0.717) is 17.6 Å². The van der Waals surface area contributed by atoms with Crippen molar-refractivity contribution in [3.8, 4) is 11.5 Å². The summed E-state index contributed by atoms with van der Waals surface area (Å²) in [4.78, 5) is 0. The average Bonchev–Trinajstić information content (AvgIpc) is 2.81. The van der Waals surface area contributed by atoms with Crippen LogP contribution in [0.3, 0.4) is 0 Å². The van der Waals surface area contributed by atoms with E-state index in [1.54, 1.807) is 0 Å². The summed E-state index contributed by atoms with van der Waals surface area (Å²) in [5.41, 5.74) is 2.58. The number of fused-ring (bicyclic) bond motifs is 2. The Bertz CT molecular complexity index is 633. The van der Waals surface area contributed by atoms with Crippen LogP contribution in [0.2, 0.25) is 0 Å². The minimum absolute atomic E-state index is 0.0215. The summed E-state index contributed by atoms with van der Waals surface area (Å²) in [6, 6.07) is 4.22. The van der Waals surface area contributed by atoms with E-state index in [1.165, 1.54) is 31.2 Å². The van der Waals surface area contributed by atoms with Crippen LogP contribution in [0.4, 0.5) is 0 Å². The third kappa shape index (κ3) is 1.99. The second kappa shape index (κ2) is 4.91. The minimum Gasteiger partial charge on any atom is -0.508 e. The number of phenolic OH excluding ortho intramolecular Hbond substituents is 1. The Hall–Kier alpha value is -1.18. The Labute approximate surface area is 140 Å². The van der Waals surface area contributed by atoms with E-state index in [9.17, 15) is 5.11 Å². The molecule has 2 heteroatoms. The Morgan fingerprint density at radius 1 is 1.22 bits per heavy atom. The van der Waals surface area contributed by atoms with Gasteiger partial charge >= 0.3 is 0 Å². The van der Waals surface area contributed by atoms with Gasteiger partial charge in [-0.3, -0.25) is 0 Å². The minimum atomic E-state index is -0.0215. The second-order valence-corrected chi connectivity index (χ2v) is 8.87. The van der Waals surface area contributed by atoms with Crippen molar-refractivity contribution in [1.29, 1.82) is 0 Å². The number of rotatable bonds is 4. The van der Waals surface area contributed by atoms with Crippen molar-refractivity contribution < 1.29 is 9.84 Å². The van der Waals surface area contributed by atoms with Gasteiger partial charge in [-0.15, -0.1) is 0 Å². The Kier molecular flexibility index (Phi) is 3.28. The summed E-state index contributed by atoms with van der Waals surface area (Å²) < 4.78 is 6.51. The van der Waals surface area contributed by atoms with Crippen LogP contribution < -0.4 is 4.74 Å².